The molecule has 1 aliphatic carbocycles. The van der Waals surface area contributed by atoms with Crippen molar-refractivity contribution in [3.05, 3.63) is 12.2 Å². The van der Waals surface area contributed by atoms with E-state index in [4.69, 9.17) is 46.9 Å². The second-order valence-electron chi connectivity index (χ2n) is 34.9. The van der Waals surface area contributed by atoms with Crippen molar-refractivity contribution in [1.29, 1.82) is 0 Å². The molecular formula is C93H173O25P. The van der Waals surface area contributed by atoms with Crippen LogP contribution in [-0.2, 0) is 70.7 Å². The highest BCUT2D eigenvalue weighted by molar-refractivity contribution is 7.47. The standard InChI is InChI=1S/C93H173O25P/c1-6-10-14-18-22-25-28-31-33-35-38-41-44-47-54-60-66-78(97)112-73(69-109-76(95)64-58-52-45-42-39-36-30-27-24-20-16-12-8-3)70-111-119(107,108)118-91-89(116-92-86(105)82(101)80(99)74(68-94)113-92)85(104)84(103)88(115-79(98)67-61-55-49-48-51-57-63-72(5)62-56-50-21-17-13-9-4)90(91)117-93-87(106)83(102)81(100)75(114-93)71-110-77(96)65-59-53-46-43-40-37-34-32-29-26-23-19-15-11-7-2/h36,39,72-75,80-94,99-106H,6-35,37-38,40-71H2,1-5H3,(H,107,108)/b39-36-. The molecule has 19 unspecified atom stereocenters. The second-order valence-corrected chi connectivity index (χ2v) is 36.3. The van der Waals surface area contributed by atoms with E-state index in [1.807, 2.05) is 0 Å². The number of rotatable bonds is 78. The summed E-state index contributed by atoms with van der Waals surface area (Å²) >= 11 is 0. The van der Waals surface area contributed by atoms with Gasteiger partial charge in [-0.3, -0.25) is 28.2 Å². The number of carbonyl (C=O) groups is 4. The van der Waals surface area contributed by atoms with Crippen LogP contribution in [0.25, 0.3) is 0 Å². The van der Waals surface area contributed by atoms with Gasteiger partial charge in [0.25, 0.3) is 0 Å². The number of ether oxygens (including phenoxy) is 8. The zero-order valence-electron chi connectivity index (χ0n) is 74.8. The molecule has 700 valence electrons. The van der Waals surface area contributed by atoms with Gasteiger partial charge in [0.2, 0.25) is 0 Å². The van der Waals surface area contributed by atoms with Crippen LogP contribution in [0, 0.1) is 5.92 Å². The maximum atomic E-state index is 14.9. The molecule has 2 heterocycles. The van der Waals surface area contributed by atoms with E-state index in [2.05, 4.69) is 46.8 Å². The van der Waals surface area contributed by atoms with Crippen LogP contribution in [0.1, 0.15) is 420 Å². The third kappa shape index (κ3) is 51.6. The topological polar surface area (TPSA) is 380 Å². The van der Waals surface area contributed by atoms with E-state index in [0.29, 0.717) is 38.0 Å². The molecule has 2 saturated heterocycles. The van der Waals surface area contributed by atoms with Crippen LogP contribution in [0.3, 0.4) is 0 Å². The summed E-state index contributed by atoms with van der Waals surface area (Å²) in [6.07, 6.45) is 29.2. The summed E-state index contributed by atoms with van der Waals surface area (Å²) in [5, 5.41) is 102. The Hall–Kier alpha value is -2.79. The van der Waals surface area contributed by atoms with E-state index in [0.717, 1.165) is 128 Å². The van der Waals surface area contributed by atoms with Crippen molar-refractivity contribution >= 4 is 31.7 Å². The van der Waals surface area contributed by atoms with Gasteiger partial charge in [-0.25, -0.2) is 4.57 Å². The van der Waals surface area contributed by atoms with Gasteiger partial charge in [-0.15, -0.1) is 0 Å². The number of phosphoric acid groups is 1. The molecular weight excluding hydrogens is 1550 g/mol. The normalized spacial score (nSPS) is 25.1. The fourth-order valence-corrected chi connectivity index (χ4v) is 17.1. The summed E-state index contributed by atoms with van der Waals surface area (Å²) < 4.78 is 73.5. The fraction of sp³-hybridized carbons (Fsp3) is 0.935. The number of unbranched alkanes of at least 4 members (excludes halogenated alkanes) is 48. The van der Waals surface area contributed by atoms with Crippen molar-refractivity contribution in [3.8, 4) is 0 Å². The smallest absolute Gasteiger partial charge is 0.463 e. The summed E-state index contributed by atoms with van der Waals surface area (Å²) in [6.45, 7) is 7.91. The van der Waals surface area contributed by atoms with Crippen LogP contribution in [0.5, 0.6) is 0 Å². The van der Waals surface area contributed by atoms with Crippen LogP contribution >= 0.6 is 7.82 Å². The van der Waals surface area contributed by atoms with Crippen LogP contribution in [0.2, 0.25) is 0 Å². The van der Waals surface area contributed by atoms with Crippen LogP contribution in [-0.4, -0.2) is 205 Å². The van der Waals surface area contributed by atoms with Crippen molar-refractivity contribution in [2.45, 2.75) is 524 Å². The van der Waals surface area contributed by atoms with Crippen molar-refractivity contribution < 1.29 is 122 Å². The molecule has 119 heavy (non-hydrogen) atoms. The minimum absolute atomic E-state index is 0.0163. The minimum Gasteiger partial charge on any atom is -0.463 e. The average molecular weight is 1720 g/mol. The Morgan fingerprint density at radius 2 is 0.681 bits per heavy atom. The number of aliphatic hydroxyl groups is 9. The monoisotopic (exact) mass is 1720 g/mol. The maximum Gasteiger partial charge on any atom is 0.472 e. The number of esters is 4. The van der Waals surface area contributed by atoms with E-state index < -0.39 is 162 Å². The SMILES string of the molecule is CCCCCCCC/C=C\CCCCCC(=O)OCC(COP(=O)(O)OC1C(OC2OC(CO)C(O)C(O)C2O)C(O)C(O)C(OC(=O)CCCCCCCCC(C)CCCCCCCC)C1OC1OC(COC(=O)CCCCCCCCCCCCCCCCC)C(O)C(O)C1O)OC(=O)CCCCCCCCCCCCCCCCCC. The Morgan fingerprint density at radius 3 is 1.09 bits per heavy atom. The molecule has 0 radical (unpaired) electrons. The van der Waals surface area contributed by atoms with E-state index >= 15 is 0 Å². The number of hydrogen-bond donors (Lipinski definition) is 10. The molecule has 0 spiro atoms. The summed E-state index contributed by atoms with van der Waals surface area (Å²) in [5.41, 5.74) is 0. The van der Waals surface area contributed by atoms with Gasteiger partial charge in [0.15, 0.2) is 24.8 Å². The second kappa shape index (κ2) is 71.3. The highest BCUT2D eigenvalue weighted by Crippen LogP contribution is 2.49. The van der Waals surface area contributed by atoms with E-state index in [1.54, 1.807) is 0 Å². The zero-order valence-corrected chi connectivity index (χ0v) is 75.7. The first-order chi connectivity index (χ1) is 57.6. The number of aliphatic hydroxyl groups excluding tert-OH is 9. The molecule has 2 aliphatic heterocycles. The van der Waals surface area contributed by atoms with E-state index in [1.165, 1.54) is 199 Å². The highest BCUT2D eigenvalue weighted by Gasteiger charge is 2.60. The lowest BCUT2D eigenvalue weighted by atomic mass is 9.84. The van der Waals surface area contributed by atoms with E-state index in [9.17, 15) is 74.6 Å². The van der Waals surface area contributed by atoms with Gasteiger partial charge in [-0.2, -0.15) is 0 Å². The van der Waals surface area contributed by atoms with Crippen molar-refractivity contribution in [1.82, 2.24) is 0 Å². The Morgan fingerprint density at radius 1 is 0.353 bits per heavy atom. The quantitative estimate of drug-likeness (QED) is 0.00889. The Kier molecular flexibility index (Phi) is 66.1. The van der Waals surface area contributed by atoms with Crippen LogP contribution in [0.4, 0.5) is 0 Å². The third-order valence-electron chi connectivity index (χ3n) is 23.9. The summed E-state index contributed by atoms with van der Waals surface area (Å²) in [4.78, 5) is 66.6. The van der Waals surface area contributed by atoms with Gasteiger partial charge in [0, 0.05) is 25.7 Å². The first kappa shape index (κ1) is 110. The first-order valence-corrected chi connectivity index (χ1v) is 49.8. The lowest BCUT2D eigenvalue weighted by molar-refractivity contribution is -0.360. The molecule has 10 N–H and O–H groups in total. The predicted molar refractivity (Wildman–Crippen MR) is 463 cm³/mol. The fourth-order valence-electron chi connectivity index (χ4n) is 16.1. The first-order valence-electron chi connectivity index (χ1n) is 48.3. The molecule has 1 saturated carbocycles. The van der Waals surface area contributed by atoms with Crippen LogP contribution < -0.4 is 0 Å². The predicted octanol–water partition coefficient (Wildman–Crippen LogP) is 18.2. The molecule has 26 heteroatoms. The Labute approximate surface area is 718 Å². The van der Waals surface area contributed by atoms with Gasteiger partial charge < -0.3 is 88.7 Å². The number of carbonyl (C=O) groups excluding carboxylic acids is 4. The van der Waals surface area contributed by atoms with Crippen LogP contribution in [0.15, 0.2) is 12.2 Å². The van der Waals surface area contributed by atoms with Crippen molar-refractivity contribution in [2.24, 2.45) is 5.92 Å². The molecule has 3 fully saturated rings. The average Bonchev–Trinajstić information content (AvgIpc) is 0.754. The lowest BCUT2D eigenvalue weighted by Crippen LogP contribution is -2.70. The van der Waals surface area contributed by atoms with E-state index in [-0.39, 0.29) is 25.7 Å². The minimum atomic E-state index is -5.81. The molecule has 0 aromatic carbocycles. The van der Waals surface area contributed by atoms with Crippen molar-refractivity contribution in [3.63, 3.8) is 0 Å². The summed E-state index contributed by atoms with van der Waals surface area (Å²) in [5.74, 6) is -2.34. The molecule has 0 amide bonds. The van der Waals surface area contributed by atoms with Gasteiger partial charge in [-0.05, 0) is 57.3 Å². The van der Waals surface area contributed by atoms with Gasteiger partial charge >= 0.3 is 31.7 Å². The molecule has 0 aromatic heterocycles. The third-order valence-corrected chi connectivity index (χ3v) is 24.9. The molecule has 25 nitrogen and oxygen atoms in total. The summed E-state index contributed by atoms with van der Waals surface area (Å²) in [7, 11) is -5.81. The highest BCUT2D eigenvalue weighted by atomic mass is 31.2. The zero-order chi connectivity index (χ0) is 86.9. The molecule has 3 aliphatic rings. The molecule has 3 rings (SSSR count). The van der Waals surface area contributed by atoms with Gasteiger partial charge in [-0.1, -0.05) is 355 Å². The Balaban J connectivity index is 1.92. The number of allylic oxidation sites excluding steroid dienone is 2. The largest absolute Gasteiger partial charge is 0.472 e. The molecule has 19 atom stereocenters. The van der Waals surface area contributed by atoms with Crippen molar-refractivity contribution in [2.75, 3.05) is 26.4 Å². The molecule has 0 aromatic rings. The Bertz CT molecular complexity index is 2530. The lowest BCUT2D eigenvalue weighted by Gasteiger charge is -2.50. The number of hydrogen-bond acceptors (Lipinski definition) is 24. The molecule has 0 bridgehead atoms. The summed E-state index contributed by atoms with van der Waals surface area (Å²) in [6, 6.07) is 0. The van der Waals surface area contributed by atoms with Gasteiger partial charge in [0.05, 0.1) is 13.2 Å². The number of phosphoric ester groups is 1. The maximum absolute atomic E-state index is 14.9. The van der Waals surface area contributed by atoms with Gasteiger partial charge in [0.1, 0.15) is 92.6 Å².